The number of tetrazole rings is 1. The minimum Gasteiger partial charge on any atom is -0.322 e. The van der Waals surface area contributed by atoms with Gasteiger partial charge < -0.3 is 10.6 Å². The molecule has 0 atom stereocenters. The molecule has 2 N–H and O–H groups in total. The lowest BCUT2D eigenvalue weighted by Gasteiger charge is -2.09. The zero-order chi connectivity index (χ0) is 20.9. The summed E-state index contributed by atoms with van der Waals surface area (Å²) >= 11 is 0. The van der Waals surface area contributed by atoms with Crippen molar-refractivity contribution in [3.05, 3.63) is 96.1 Å². The van der Waals surface area contributed by atoms with Crippen molar-refractivity contribution >= 4 is 23.2 Å². The third-order valence-electron chi connectivity index (χ3n) is 4.19. The van der Waals surface area contributed by atoms with Crippen LogP contribution in [0, 0.1) is 5.82 Å². The molecule has 1 aromatic heterocycles. The molecule has 0 bridgehead atoms. The number of rotatable bonds is 5. The molecule has 1 heterocycles. The highest BCUT2D eigenvalue weighted by Gasteiger charge is 2.11. The Bertz CT molecular complexity index is 1210. The quantitative estimate of drug-likeness (QED) is 0.533. The van der Waals surface area contributed by atoms with Crippen molar-refractivity contribution in [1.29, 1.82) is 0 Å². The molecule has 4 aromatic rings. The Kier molecular flexibility index (Phi) is 5.25. The average Bonchev–Trinajstić information content (AvgIpc) is 3.29. The summed E-state index contributed by atoms with van der Waals surface area (Å²) in [5.74, 6) is -1.22. The number of benzene rings is 3. The molecule has 0 fully saturated rings. The van der Waals surface area contributed by atoms with E-state index < -0.39 is 11.7 Å². The Hall–Kier alpha value is -4.40. The molecular formula is C21H15FN6O2. The van der Waals surface area contributed by atoms with Crippen LogP contribution in [0.5, 0.6) is 0 Å². The second kappa shape index (κ2) is 8.31. The van der Waals surface area contributed by atoms with Crippen LogP contribution in [-0.4, -0.2) is 32.0 Å². The van der Waals surface area contributed by atoms with Crippen LogP contribution in [0.15, 0.2) is 79.1 Å². The molecule has 8 nitrogen and oxygen atoms in total. The van der Waals surface area contributed by atoms with E-state index in [2.05, 4.69) is 26.2 Å². The van der Waals surface area contributed by atoms with E-state index in [4.69, 9.17) is 0 Å². The standard InChI is InChI=1S/C21H15FN6O2/c22-16-6-3-8-18(12-16)25-20(29)14-4-1-7-17(10-14)24-21(30)15-5-2-9-19(11-15)28-13-23-26-27-28/h1-13H,(H,24,30)(H,25,29). The first kappa shape index (κ1) is 18.9. The van der Waals surface area contributed by atoms with Gasteiger partial charge in [0.05, 0.1) is 5.69 Å². The maximum Gasteiger partial charge on any atom is 0.255 e. The van der Waals surface area contributed by atoms with Gasteiger partial charge >= 0.3 is 0 Å². The van der Waals surface area contributed by atoms with Gasteiger partial charge in [-0.1, -0.05) is 18.2 Å². The monoisotopic (exact) mass is 402 g/mol. The third kappa shape index (κ3) is 4.36. The van der Waals surface area contributed by atoms with Crippen LogP contribution in [0.2, 0.25) is 0 Å². The summed E-state index contributed by atoms with van der Waals surface area (Å²) < 4.78 is 14.7. The summed E-state index contributed by atoms with van der Waals surface area (Å²) in [7, 11) is 0. The van der Waals surface area contributed by atoms with Crippen molar-refractivity contribution in [2.45, 2.75) is 0 Å². The molecule has 0 aliphatic heterocycles. The SMILES string of the molecule is O=C(Nc1cccc(F)c1)c1cccc(NC(=O)c2cccc(-n3cnnn3)c2)c1. The highest BCUT2D eigenvalue weighted by atomic mass is 19.1. The van der Waals surface area contributed by atoms with E-state index in [0.717, 1.165) is 0 Å². The van der Waals surface area contributed by atoms with Crippen molar-refractivity contribution in [2.75, 3.05) is 10.6 Å². The lowest BCUT2D eigenvalue weighted by atomic mass is 10.1. The first-order valence-corrected chi connectivity index (χ1v) is 8.90. The number of nitrogens with one attached hydrogen (secondary N) is 2. The minimum atomic E-state index is -0.447. The van der Waals surface area contributed by atoms with E-state index in [-0.39, 0.29) is 5.91 Å². The average molecular weight is 402 g/mol. The largest absolute Gasteiger partial charge is 0.322 e. The molecule has 0 spiro atoms. The molecule has 3 aromatic carbocycles. The maximum atomic E-state index is 13.3. The van der Waals surface area contributed by atoms with Gasteiger partial charge in [0.15, 0.2) is 0 Å². The van der Waals surface area contributed by atoms with Gasteiger partial charge in [-0.25, -0.2) is 9.07 Å². The van der Waals surface area contributed by atoms with Crippen molar-refractivity contribution in [1.82, 2.24) is 20.2 Å². The first-order chi connectivity index (χ1) is 14.6. The molecular weight excluding hydrogens is 387 g/mol. The van der Waals surface area contributed by atoms with Crippen LogP contribution in [-0.2, 0) is 0 Å². The lowest BCUT2D eigenvalue weighted by molar-refractivity contribution is 0.101. The van der Waals surface area contributed by atoms with E-state index >= 15 is 0 Å². The molecule has 0 saturated carbocycles. The second-order valence-corrected chi connectivity index (χ2v) is 6.30. The summed E-state index contributed by atoms with van der Waals surface area (Å²) in [6.07, 6.45) is 1.43. The number of hydrogen-bond acceptors (Lipinski definition) is 5. The number of carbonyl (C=O) groups is 2. The van der Waals surface area contributed by atoms with Gasteiger partial charge in [0.25, 0.3) is 11.8 Å². The molecule has 30 heavy (non-hydrogen) atoms. The van der Waals surface area contributed by atoms with Crippen LogP contribution >= 0.6 is 0 Å². The van der Waals surface area contributed by atoms with Crippen LogP contribution in [0.1, 0.15) is 20.7 Å². The summed E-state index contributed by atoms with van der Waals surface area (Å²) in [5, 5.41) is 16.3. The van der Waals surface area contributed by atoms with Crippen LogP contribution < -0.4 is 10.6 Å². The minimum absolute atomic E-state index is 0.319. The summed E-state index contributed by atoms with van der Waals surface area (Å²) in [5.41, 5.74) is 2.14. The van der Waals surface area contributed by atoms with Gasteiger partial charge in [-0.3, -0.25) is 9.59 Å². The molecule has 0 radical (unpaired) electrons. The summed E-state index contributed by atoms with van der Waals surface area (Å²) in [6, 6.07) is 18.8. The first-order valence-electron chi connectivity index (χ1n) is 8.90. The zero-order valence-electron chi connectivity index (χ0n) is 15.5. The molecule has 0 saturated heterocycles. The van der Waals surface area contributed by atoms with Crippen molar-refractivity contribution in [2.24, 2.45) is 0 Å². The smallest absolute Gasteiger partial charge is 0.255 e. The predicted octanol–water partition coefficient (Wildman–Crippen LogP) is 3.31. The number of nitrogens with zero attached hydrogens (tertiary/aromatic N) is 4. The van der Waals surface area contributed by atoms with E-state index in [9.17, 15) is 14.0 Å². The fraction of sp³-hybridized carbons (Fsp3) is 0. The predicted molar refractivity (Wildman–Crippen MR) is 108 cm³/mol. The number of aromatic nitrogens is 4. The second-order valence-electron chi connectivity index (χ2n) is 6.30. The van der Waals surface area contributed by atoms with Gasteiger partial charge in [-0.05, 0) is 65.0 Å². The Morgan fingerprint density at radius 1 is 0.800 bits per heavy atom. The van der Waals surface area contributed by atoms with Crippen LogP contribution in [0.25, 0.3) is 5.69 Å². The van der Waals surface area contributed by atoms with Gasteiger partial charge in [0.2, 0.25) is 0 Å². The molecule has 0 aliphatic carbocycles. The van der Waals surface area contributed by atoms with Crippen LogP contribution in [0.3, 0.4) is 0 Å². The highest BCUT2D eigenvalue weighted by Crippen LogP contribution is 2.16. The fourth-order valence-corrected chi connectivity index (χ4v) is 2.78. The zero-order valence-corrected chi connectivity index (χ0v) is 15.5. The Morgan fingerprint density at radius 3 is 2.10 bits per heavy atom. The van der Waals surface area contributed by atoms with Gasteiger partial charge in [-0.2, -0.15) is 0 Å². The van der Waals surface area contributed by atoms with E-state index in [1.54, 1.807) is 48.5 Å². The van der Waals surface area contributed by atoms with Crippen molar-refractivity contribution < 1.29 is 14.0 Å². The van der Waals surface area contributed by atoms with E-state index in [0.29, 0.717) is 28.2 Å². The molecule has 2 amide bonds. The van der Waals surface area contributed by atoms with Crippen molar-refractivity contribution in [3.63, 3.8) is 0 Å². The Morgan fingerprint density at radius 2 is 1.43 bits per heavy atom. The Labute approximate surface area is 170 Å². The van der Waals surface area contributed by atoms with Gasteiger partial charge in [-0.15, -0.1) is 5.10 Å². The molecule has 9 heteroatoms. The summed E-state index contributed by atoms with van der Waals surface area (Å²) in [6.45, 7) is 0. The number of anilines is 2. The number of hydrogen-bond donors (Lipinski definition) is 2. The topological polar surface area (TPSA) is 102 Å². The number of carbonyl (C=O) groups excluding carboxylic acids is 2. The van der Waals surface area contributed by atoms with E-state index in [1.165, 1.54) is 35.3 Å². The fourth-order valence-electron chi connectivity index (χ4n) is 2.78. The lowest BCUT2D eigenvalue weighted by Crippen LogP contribution is -2.15. The number of amides is 2. The molecule has 0 unspecified atom stereocenters. The van der Waals surface area contributed by atoms with Crippen molar-refractivity contribution in [3.8, 4) is 5.69 Å². The Balaban J connectivity index is 1.48. The van der Waals surface area contributed by atoms with Gasteiger partial charge in [0, 0.05) is 22.5 Å². The molecule has 0 aliphatic rings. The summed E-state index contributed by atoms with van der Waals surface area (Å²) in [4.78, 5) is 25.1. The normalized spacial score (nSPS) is 10.4. The molecule has 148 valence electrons. The number of halogens is 1. The highest BCUT2D eigenvalue weighted by molar-refractivity contribution is 6.07. The van der Waals surface area contributed by atoms with Crippen LogP contribution in [0.4, 0.5) is 15.8 Å². The maximum absolute atomic E-state index is 13.3. The third-order valence-corrected chi connectivity index (χ3v) is 4.19. The van der Waals surface area contributed by atoms with E-state index in [1.807, 2.05) is 0 Å². The molecule has 4 rings (SSSR count). The van der Waals surface area contributed by atoms with Gasteiger partial charge in [0.1, 0.15) is 12.1 Å².